The van der Waals surface area contributed by atoms with Crippen LogP contribution in [0.3, 0.4) is 0 Å². The number of oxime groups is 3. The number of amides is 1. The van der Waals surface area contributed by atoms with E-state index in [1.54, 1.807) is 31.2 Å². The van der Waals surface area contributed by atoms with Crippen LogP contribution < -0.4 is 5.32 Å². The highest BCUT2D eigenvalue weighted by Crippen LogP contribution is 2.14. The fourth-order valence-corrected chi connectivity index (χ4v) is 2.69. The third-order valence-corrected chi connectivity index (χ3v) is 4.21. The minimum atomic E-state index is -0.374. The van der Waals surface area contributed by atoms with E-state index in [1.165, 1.54) is 21.3 Å². The van der Waals surface area contributed by atoms with E-state index in [0.29, 0.717) is 27.6 Å². The Morgan fingerprint density at radius 2 is 1.60 bits per heavy atom. The second kappa shape index (κ2) is 11.6. The molecule has 8 nitrogen and oxygen atoms in total. The zero-order valence-electron chi connectivity index (χ0n) is 17.2. The maximum Gasteiger partial charge on any atom is 0.273 e. The van der Waals surface area contributed by atoms with Crippen LogP contribution in [0.2, 0.25) is 5.02 Å². The van der Waals surface area contributed by atoms with Crippen molar-refractivity contribution in [1.29, 1.82) is 0 Å². The van der Waals surface area contributed by atoms with Gasteiger partial charge in [0.25, 0.3) is 5.91 Å². The number of halogens is 1. The maximum absolute atomic E-state index is 12.1. The quantitative estimate of drug-likeness (QED) is 0.487. The molecule has 0 heterocycles. The van der Waals surface area contributed by atoms with E-state index in [9.17, 15) is 4.79 Å². The van der Waals surface area contributed by atoms with Gasteiger partial charge in [-0.3, -0.25) is 4.79 Å². The number of nitrogens with one attached hydrogen (secondary N) is 1. The molecule has 0 spiro atoms. The summed E-state index contributed by atoms with van der Waals surface area (Å²) in [6.07, 6.45) is 0. The van der Waals surface area contributed by atoms with Crippen LogP contribution >= 0.6 is 11.6 Å². The molecule has 30 heavy (non-hydrogen) atoms. The van der Waals surface area contributed by atoms with Crippen molar-refractivity contribution in [2.24, 2.45) is 15.5 Å². The van der Waals surface area contributed by atoms with Crippen molar-refractivity contribution in [3.05, 3.63) is 70.2 Å². The summed E-state index contributed by atoms with van der Waals surface area (Å²) in [5, 5.41) is 15.2. The zero-order valence-corrected chi connectivity index (χ0v) is 17.9. The molecule has 0 aliphatic rings. The summed E-state index contributed by atoms with van der Waals surface area (Å²) in [6, 6.07) is 14.3. The van der Waals surface area contributed by atoms with E-state index >= 15 is 0 Å². The molecule has 158 valence electrons. The van der Waals surface area contributed by atoms with E-state index < -0.39 is 0 Å². The first-order chi connectivity index (χ1) is 14.5. The predicted octanol–water partition coefficient (Wildman–Crippen LogP) is 3.38. The van der Waals surface area contributed by atoms with Crippen molar-refractivity contribution >= 4 is 34.6 Å². The molecular formula is C21H23ClN4O4. The molecule has 2 aromatic rings. The fraction of sp³-hybridized carbons (Fsp3) is 0.238. The van der Waals surface area contributed by atoms with Crippen molar-refractivity contribution < 1.29 is 19.3 Å². The number of rotatable bonds is 9. The van der Waals surface area contributed by atoms with Crippen LogP contribution in [-0.2, 0) is 25.9 Å². The number of carbonyl (C=O) groups is 1. The number of nitrogens with zero attached hydrogens (tertiary/aromatic N) is 3. The van der Waals surface area contributed by atoms with E-state index in [0.717, 1.165) is 5.56 Å². The molecule has 0 atom stereocenters. The van der Waals surface area contributed by atoms with Crippen molar-refractivity contribution in [1.82, 2.24) is 5.32 Å². The second-order valence-corrected chi connectivity index (χ2v) is 6.37. The Kier molecular flexibility index (Phi) is 8.83. The number of benzene rings is 2. The molecule has 0 aliphatic heterocycles. The van der Waals surface area contributed by atoms with E-state index in [2.05, 4.69) is 20.8 Å². The molecule has 0 aromatic heterocycles. The lowest BCUT2D eigenvalue weighted by Gasteiger charge is -2.10. The molecule has 1 N–H and O–H groups in total. The summed E-state index contributed by atoms with van der Waals surface area (Å²) in [6.45, 7) is 1.86. The standard InChI is InChI=1S/C21H23ClN4O4/c1-14(19(25-28-3)15-9-11-17(22)12-10-15)24-30-13-16-7-5-6-8-18(16)20(26-29-4)21(27)23-2/h5-12H,13H2,1-4H3,(H,23,27)/b24-14+,25-19-,26-20+. The van der Waals surface area contributed by atoms with Crippen molar-refractivity contribution in [2.75, 3.05) is 21.3 Å². The number of carbonyl (C=O) groups excluding carboxylic acids is 1. The van der Waals surface area contributed by atoms with Crippen LogP contribution in [0.15, 0.2) is 64.0 Å². The van der Waals surface area contributed by atoms with Crippen molar-refractivity contribution in [3.8, 4) is 0 Å². The first kappa shape index (κ1) is 22.9. The lowest BCUT2D eigenvalue weighted by molar-refractivity contribution is -0.114. The van der Waals surface area contributed by atoms with E-state index in [1.807, 2.05) is 24.3 Å². The van der Waals surface area contributed by atoms with Crippen molar-refractivity contribution in [2.45, 2.75) is 13.5 Å². The van der Waals surface area contributed by atoms with E-state index in [4.69, 9.17) is 26.1 Å². The molecule has 2 rings (SSSR count). The van der Waals surface area contributed by atoms with Gasteiger partial charge in [-0.2, -0.15) is 0 Å². The highest BCUT2D eigenvalue weighted by atomic mass is 35.5. The van der Waals surface area contributed by atoms with Gasteiger partial charge in [-0.1, -0.05) is 63.5 Å². The van der Waals surface area contributed by atoms with Crippen LogP contribution in [0.4, 0.5) is 0 Å². The Morgan fingerprint density at radius 3 is 2.23 bits per heavy atom. The second-order valence-electron chi connectivity index (χ2n) is 5.94. The molecule has 0 aliphatic carbocycles. The minimum Gasteiger partial charge on any atom is -0.399 e. The lowest BCUT2D eigenvalue weighted by atomic mass is 10.0. The summed E-state index contributed by atoms with van der Waals surface area (Å²) in [5.74, 6) is -0.374. The molecule has 0 radical (unpaired) electrons. The van der Waals surface area contributed by atoms with Crippen LogP contribution in [0.25, 0.3) is 0 Å². The van der Waals surface area contributed by atoms with Crippen molar-refractivity contribution in [3.63, 3.8) is 0 Å². The predicted molar refractivity (Wildman–Crippen MR) is 117 cm³/mol. The summed E-state index contributed by atoms with van der Waals surface area (Å²) < 4.78 is 0. The monoisotopic (exact) mass is 430 g/mol. The minimum absolute atomic E-state index is 0.105. The highest BCUT2D eigenvalue weighted by molar-refractivity contribution is 6.47. The maximum atomic E-state index is 12.1. The Hall–Kier alpha value is -3.39. The largest absolute Gasteiger partial charge is 0.399 e. The lowest BCUT2D eigenvalue weighted by Crippen LogP contribution is -2.29. The van der Waals surface area contributed by atoms with Gasteiger partial charge in [-0.25, -0.2) is 0 Å². The Balaban J connectivity index is 2.23. The van der Waals surface area contributed by atoms with Gasteiger partial charge >= 0.3 is 0 Å². The molecule has 0 bridgehead atoms. The van der Waals surface area contributed by atoms with Gasteiger partial charge in [-0.05, 0) is 19.1 Å². The summed E-state index contributed by atoms with van der Waals surface area (Å²) in [4.78, 5) is 27.4. The fourth-order valence-electron chi connectivity index (χ4n) is 2.57. The van der Waals surface area contributed by atoms with Gasteiger partial charge in [-0.15, -0.1) is 0 Å². The SMILES string of the molecule is CNC(=O)/C(=N/OC)c1ccccc1CO/N=C(C)/C(=N/OC)c1ccc(Cl)cc1. The van der Waals surface area contributed by atoms with Gasteiger partial charge in [0.2, 0.25) is 0 Å². The number of hydrogen-bond acceptors (Lipinski definition) is 7. The summed E-state index contributed by atoms with van der Waals surface area (Å²) >= 11 is 5.95. The van der Waals surface area contributed by atoms with Gasteiger partial charge in [0.1, 0.15) is 32.2 Å². The van der Waals surface area contributed by atoms with Gasteiger partial charge in [0.05, 0.1) is 0 Å². The first-order valence-corrected chi connectivity index (χ1v) is 9.35. The molecule has 0 fully saturated rings. The van der Waals surface area contributed by atoms with Gasteiger partial charge in [0.15, 0.2) is 5.71 Å². The average Bonchev–Trinajstić information content (AvgIpc) is 2.76. The average molecular weight is 431 g/mol. The Bertz CT molecular complexity index is 956. The van der Waals surface area contributed by atoms with Crippen LogP contribution in [0.1, 0.15) is 23.6 Å². The third-order valence-electron chi connectivity index (χ3n) is 3.96. The van der Waals surface area contributed by atoms with Crippen LogP contribution in [-0.4, -0.2) is 44.3 Å². The molecule has 0 unspecified atom stereocenters. The van der Waals surface area contributed by atoms with Gasteiger partial charge < -0.3 is 19.8 Å². The molecular weight excluding hydrogens is 408 g/mol. The molecule has 9 heteroatoms. The molecule has 1 amide bonds. The number of hydrogen-bond donors (Lipinski definition) is 1. The third kappa shape index (κ3) is 6.05. The normalized spacial score (nSPS) is 12.4. The summed E-state index contributed by atoms with van der Waals surface area (Å²) in [5.41, 5.74) is 3.23. The highest BCUT2D eigenvalue weighted by Gasteiger charge is 2.17. The van der Waals surface area contributed by atoms with Gasteiger partial charge in [0, 0.05) is 28.8 Å². The first-order valence-electron chi connectivity index (χ1n) is 8.97. The molecule has 2 aromatic carbocycles. The Morgan fingerprint density at radius 1 is 0.967 bits per heavy atom. The topological polar surface area (TPSA) is 93.9 Å². The van der Waals surface area contributed by atoms with Crippen LogP contribution in [0, 0.1) is 0 Å². The Labute approximate surface area is 180 Å². The molecule has 0 saturated heterocycles. The van der Waals surface area contributed by atoms with Crippen LogP contribution in [0.5, 0.6) is 0 Å². The number of likely N-dealkylation sites (N-methyl/N-ethyl adjacent to an activating group) is 1. The summed E-state index contributed by atoms with van der Waals surface area (Å²) in [7, 11) is 4.35. The van der Waals surface area contributed by atoms with E-state index in [-0.39, 0.29) is 18.2 Å². The molecule has 0 saturated carbocycles. The zero-order chi connectivity index (χ0) is 21.9. The smallest absolute Gasteiger partial charge is 0.273 e.